The molecule has 0 radical (unpaired) electrons. The molecule has 0 unspecified atom stereocenters. The molecule has 0 atom stereocenters. The molecule has 1 aliphatic rings. The van der Waals surface area contributed by atoms with E-state index in [1.54, 1.807) is 12.4 Å². The minimum atomic E-state index is 0.513. The van der Waals surface area contributed by atoms with Crippen LogP contribution in [0.2, 0.25) is 0 Å². The van der Waals surface area contributed by atoms with E-state index in [1.165, 1.54) is 32.1 Å². The zero-order valence-electron chi connectivity index (χ0n) is 12.0. The molecule has 2 aromatic heterocycles. The number of rotatable bonds is 5. The van der Waals surface area contributed by atoms with Crippen LogP contribution in [0, 0.1) is 0 Å². The molecule has 3 rings (SSSR count). The Morgan fingerprint density at radius 2 is 2.05 bits per heavy atom. The number of nitrogens with one attached hydrogen (secondary N) is 2. The molecule has 110 valence electrons. The molecule has 1 aliphatic carbocycles. The van der Waals surface area contributed by atoms with E-state index in [0.717, 1.165) is 11.5 Å². The van der Waals surface area contributed by atoms with Crippen molar-refractivity contribution < 1.29 is 0 Å². The summed E-state index contributed by atoms with van der Waals surface area (Å²) in [5.74, 6) is 1.32. The molecule has 2 N–H and O–H groups in total. The highest BCUT2D eigenvalue weighted by Gasteiger charge is 2.13. The van der Waals surface area contributed by atoms with Gasteiger partial charge in [-0.25, -0.2) is 0 Å². The molecule has 0 aromatic carbocycles. The third-order valence-electron chi connectivity index (χ3n) is 3.67. The second-order valence-corrected chi connectivity index (χ2v) is 5.32. The maximum atomic E-state index is 4.46. The van der Waals surface area contributed by atoms with Gasteiger partial charge in [0.15, 0.2) is 5.82 Å². The molecule has 21 heavy (non-hydrogen) atoms. The molecule has 0 bridgehead atoms. The van der Waals surface area contributed by atoms with E-state index in [9.17, 15) is 0 Å². The van der Waals surface area contributed by atoms with E-state index >= 15 is 0 Å². The SMILES string of the molecule is c1ccc(CNc2nncc(NC3CCCCC3)n2)nc1. The van der Waals surface area contributed by atoms with Crippen molar-refractivity contribution in [3.05, 3.63) is 36.3 Å². The van der Waals surface area contributed by atoms with Gasteiger partial charge in [0.1, 0.15) is 0 Å². The molecular formula is C15H20N6. The summed E-state index contributed by atoms with van der Waals surface area (Å²) in [6.45, 7) is 0.593. The number of pyridine rings is 1. The molecular weight excluding hydrogens is 264 g/mol. The van der Waals surface area contributed by atoms with Gasteiger partial charge in [-0.05, 0) is 25.0 Å². The fourth-order valence-corrected chi connectivity index (χ4v) is 2.58. The van der Waals surface area contributed by atoms with E-state index < -0.39 is 0 Å². The van der Waals surface area contributed by atoms with Crippen molar-refractivity contribution in [2.45, 2.75) is 44.7 Å². The van der Waals surface area contributed by atoms with Crippen molar-refractivity contribution in [2.24, 2.45) is 0 Å². The summed E-state index contributed by atoms with van der Waals surface area (Å²) < 4.78 is 0. The average Bonchev–Trinajstić information content (AvgIpc) is 2.55. The molecule has 1 saturated carbocycles. The Morgan fingerprint density at radius 1 is 1.14 bits per heavy atom. The standard InChI is InChI=1S/C15H20N6/c1-2-6-12(7-3-1)19-14-11-18-21-15(20-14)17-10-13-8-4-5-9-16-13/h4-5,8-9,11-12H,1-3,6-7,10H2,(H2,17,19,20,21). The first-order valence-corrected chi connectivity index (χ1v) is 7.50. The van der Waals surface area contributed by atoms with E-state index in [0.29, 0.717) is 18.5 Å². The number of anilines is 2. The van der Waals surface area contributed by atoms with E-state index in [-0.39, 0.29) is 0 Å². The molecule has 0 spiro atoms. The highest BCUT2D eigenvalue weighted by atomic mass is 15.3. The second kappa shape index (κ2) is 6.97. The fraction of sp³-hybridized carbons (Fsp3) is 0.467. The van der Waals surface area contributed by atoms with Crippen molar-refractivity contribution in [2.75, 3.05) is 10.6 Å². The van der Waals surface area contributed by atoms with E-state index in [2.05, 4.69) is 30.8 Å². The van der Waals surface area contributed by atoms with Gasteiger partial charge < -0.3 is 10.6 Å². The average molecular weight is 284 g/mol. The first-order chi connectivity index (χ1) is 10.4. The topological polar surface area (TPSA) is 75.6 Å². The minimum absolute atomic E-state index is 0.513. The first-order valence-electron chi connectivity index (χ1n) is 7.50. The van der Waals surface area contributed by atoms with Crippen LogP contribution < -0.4 is 10.6 Å². The van der Waals surface area contributed by atoms with Gasteiger partial charge in [-0.15, -0.1) is 5.10 Å². The summed E-state index contributed by atoms with van der Waals surface area (Å²) in [5, 5.41) is 14.6. The normalized spacial score (nSPS) is 15.6. The van der Waals surface area contributed by atoms with Gasteiger partial charge in [-0.1, -0.05) is 25.3 Å². The molecule has 2 aromatic rings. The van der Waals surface area contributed by atoms with Gasteiger partial charge in [-0.2, -0.15) is 10.1 Å². The van der Waals surface area contributed by atoms with E-state index in [1.807, 2.05) is 18.2 Å². The maximum absolute atomic E-state index is 4.46. The Balaban J connectivity index is 1.57. The van der Waals surface area contributed by atoms with Crippen LogP contribution in [-0.4, -0.2) is 26.2 Å². The van der Waals surface area contributed by atoms with Crippen molar-refractivity contribution in [3.63, 3.8) is 0 Å². The Labute approximate surface area is 124 Å². The monoisotopic (exact) mass is 284 g/mol. The van der Waals surface area contributed by atoms with Crippen LogP contribution in [0.15, 0.2) is 30.6 Å². The second-order valence-electron chi connectivity index (χ2n) is 5.32. The van der Waals surface area contributed by atoms with Gasteiger partial charge in [0.25, 0.3) is 0 Å². The summed E-state index contributed by atoms with van der Waals surface area (Å²) in [5.41, 5.74) is 0.951. The quantitative estimate of drug-likeness (QED) is 0.879. The Morgan fingerprint density at radius 3 is 2.86 bits per heavy atom. The molecule has 0 aliphatic heterocycles. The minimum Gasteiger partial charge on any atom is -0.366 e. The number of hydrogen-bond acceptors (Lipinski definition) is 6. The lowest BCUT2D eigenvalue weighted by Gasteiger charge is -2.23. The van der Waals surface area contributed by atoms with Gasteiger partial charge in [0, 0.05) is 12.2 Å². The molecule has 0 saturated heterocycles. The van der Waals surface area contributed by atoms with Gasteiger partial charge in [0.2, 0.25) is 5.95 Å². The van der Waals surface area contributed by atoms with Crippen molar-refractivity contribution in [3.8, 4) is 0 Å². The molecule has 1 fully saturated rings. The summed E-state index contributed by atoms with van der Waals surface area (Å²) in [7, 11) is 0. The largest absolute Gasteiger partial charge is 0.366 e. The van der Waals surface area contributed by atoms with Gasteiger partial charge >= 0.3 is 0 Å². The summed E-state index contributed by atoms with van der Waals surface area (Å²) >= 11 is 0. The fourth-order valence-electron chi connectivity index (χ4n) is 2.58. The Hall–Kier alpha value is -2.24. The third kappa shape index (κ3) is 4.11. The lowest BCUT2D eigenvalue weighted by molar-refractivity contribution is 0.461. The summed E-state index contributed by atoms with van der Waals surface area (Å²) in [4.78, 5) is 8.71. The van der Waals surface area contributed by atoms with Crippen molar-refractivity contribution in [1.29, 1.82) is 0 Å². The number of hydrogen-bond donors (Lipinski definition) is 2. The maximum Gasteiger partial charge on any atom is 0.245 e. The predicted molar refractivity (Wildman–Crippen MR) is 81.9 cm³/mol. The highest BCUT2D eigenvalue weighted by Crippen LogP contribution is 2.20. The molecule has 6 nitrogen and oxygen atoms in total. The van der Waals surface area contributed by atoms with Gasteiger partial charge in [-0.3, -0.25) is 4.98 Å². The van der Waals surface area contributed by atoms with Crippen molar-refractivity contribution >= 4 is 11.8 Å². The summed E-state index contributed by atoms with van der Waals surface area (Å²) in [6.07, 6.45) is 9.80. The lowest BCUT2D eigenvalue weighted by Crippen LogP contribution is -2.23. The third-order valence-corrected chi connectivity index (χ3v) is 3.67. The smallest absolute Gasteiger partial charge is 0.245 e. The first kappa shape index (κ1) is 13.7. The van der Waals surface area contributed by atoms with Crippen LogP contribution in [0.25, 0.3) is 0 Å². The number of nitrogens with zero attached hydrogens (tertiary/aromatic N) is 4. The van der Waals surface area contributed by atoms with Crippen LogP contribution in [0.4, 0.5) is 11.8 Å². The van der Waals surface area contributed by atoms with Crippen molar-refractivity contribution in [1.82, 2.24) is 20.2 Å². The Bertz CT molecular complexity index is 553. The number of aromatic nitrogens is 4. The predicted octanol–water partition coefficient (Wildman–Crippen LogP) is 2.62. The summed E-state index contributed by atoms with van der Waals surface area (Å²) in [6, 6.07) is 6.34. The van der Waals surface area contributed by atoms with Gasteiger partial charge in [0.05, 0.1) is 18.4 Å². The molecule has 6 heteroatoms. The molecule has 2 heterocycles. The van der Waals surface area contributed by atoms with Crippen LogP contribution in [0.3, 0.4) is 0 Å². The van der Waals surface area contributed by atoms with Crippen LogP contribution in [0.1, 0.15) is 37.8 Å². The lowest BCUT2D eigenvalue weighted by atomic mass is 9.96. The van der Waals surface area contributed by atoms with Crippen LogP contribution in [0.5, 0.6) is 0 Å². The molecule has 0 amide bonds. The Kier molecular flexibility index (Phi) is 4.55. The zero-order chi connectivity index (χ0) is 14.3. The highest BCUT2D eigenvalue weighted by molar-refractivity contribution is 5.38. The zero-order valence-corrected chi connectivity index (χ0v) is 12.0. The van der Waals surface area contributed by atoms with E-state index in [4.69, 9.17) is 0 Å². The van der Waals surface area contributed by atoms with Crippen LogP contribution in [-0.2, 0) is 6.54 Å². The van der Waals surface area contributed by atoms with Crippen LogP contribution >= 0.6 is 0 Å².